The number of hydrogen-bond donors (Lipinski definition) is 0. The average molecular weight is 298 g/mol. The minimum Gasteiger partial charge on any atom is -0.465 e. The van der Waals surface area contributed by atoms with Crippen LogP contribution in [-0.4, -0.2) is 29.1 Å². The third-order valence-electron chi connectivity index (χ3n) is 3.32. The lowest BCUT2D eigenvalue weighted by molar-refractivity contribution is 0.0603. The molecule has 110 valence electrons. The molecule has 0 aliphatic rings. The minimum atomic E-state index is -0.549. The molecule has 0 spiro atoms. The fourth-order valence-electron chi connectivity index (χ4n) is 2.34. The van der Waals surface area contributed by atoms with E-state index in [4.69, 9.17) is 4.74 Å². The number of methoxy groups -OCH3 is 1. The van der Waals surface area contributed by atoms with E-state index in [-0.39, 0.29) is 17.1 Å². The van der Waals surface area contributed by atoms with Crippen molar-refractivity contribution in [3.63, 3.8) is 0 Å². The highest BCUT2D eigenvalue weighted by atomic mass is 19.1. The number of hydrogen-bond acceptors (Lipinski definition) is 4. The van der Waals surface area contributed by atoms with Gasteiger partial charge < -0.3 is 4.74 Å². The zero-order valence-corrected chi connectivity index (χ0v) is 11.6. The normalized spacial score (nSPS) is 10.6. The highest BCUT2D eigenvalue weighted by Gasteiger charge is 2.19. The standard InChI is InChI=1S/C16H11FN2O3/c1-22-16(21)12-3-2-4-14-15(12)13(9-20)18-19(14)11-7-5-10(17)6-8-11/h2-9H,1H3. The van der Waals surface area contributed by atoms with Crippen LogP contribution in [0.2, 0.25) is 0 Å². The summed E-state index contributed by atoms with van der Waals surface area (Å²) in [5.74, 6) is -0.918. The van der Waals surface area contributed by atoms with E-state index in [1.807, 2.05) is 0 Å². The molecular weight excluding hydrogens is 287 g/mol. The summed E-state index contributed by atoms with van der Waals surface area (Å²) in [6.45, 7) is 0. The van der Waals surface area contributed by atoms with Gasteiger partial charge in [-0.3, -0.25) is 4.79 Å². The summed E-state index contributed by atoms with van der Waals surface area (Å²) in [6.07, 6.45) is 0.578. The Kier molecular flexibility index (Phi) is 3.42. The summed E-state index contributed by atoms with van der Waals surface area (Å²) in [5.41, 5.74) is 1.54. The Morgan fingerprint density at radius 2 is 1.95 bits per heavy atom. The molecule has 2 aromatic carbocycles. The molecular formula is C16H11FN2O3. The van der Waals surface area contributed by atoms with Crippen molar-refractivity contribution in [3.05, 3.63) is 59.5 Å². The predicted octanol–water partition coefficient (Wildman–Crippen LogP) is 2.76. The Morgan fingerprint density at radius 1 is 1.23 bits per heavy atom. The topological polar surface area (TPSA) is 61.2 Å². The SMILES string of the molecule is COC(=O)c1cccc2c1c(C=O)nn2-c1ccc(F)cc1. The Balaban J connectivity index is 2.32. The number of carbonyl (C=O) groups excluding carboxylic acids is 2. The molecule has 0 aliphatic heterocycles. The highest BCUT2D eigenvalue weighted by Crippen LogP contribution is 2.25. The number of esters is 1. The van der Waals surface area contributed by atoms with Crippen LogP contribution in [0, 0.1) is 5.82 Å². The Labute approximate surface area is 124 Å². The summed E-state index contributed by atoms with van der Waals surface area (Å²) < 4.78 is 19.3. The largest absolute Gasteiger partial charge is 0.465 e. The smallest absolute Gasteiger partial charge is 0.338 e. The van der Waals surface area contributed by atoms with Crippen LogP contribution in [0.5, 0.6) is 0 Å². The van der Waals surface area contributed by atoms with Crippen molar-refractivity contribution in [2.75, 3.05) is 7.11 Å². The molecule has 0 amide bonds. The summed E-state index contributed by atoms with van der Waals surface area (Å²) in [4.78, 5) is 23.2. The molecule has 0 fully saturated rings. The molecule has 6 heteroatoms. The first-order valence-electron chi connectivity index (χ1n) is 6.47. The number of nitrogens with zero attached hydrogens (tertiary/aromatic N) is 2. The van der Waals surface area contributed by atoms with Gasteiger partial charge in [-0.15, -0.1) is 0 Å². The van der Waals surface area contributed by atoms with Gasteiger partial charge in [0.2, 0.25) is 0 Å². The zero-order chi connectivity index (χ0) is 15.7. The van der Waals surface area contributed by atoms with Crippen molar-refractivity contribution < 1.29 is 18.7 Å². The number of carbonyl (C=O) groups is 2. The zero-order valence-electron chi connectivity index (χ0n) is 11.6. The molecule has 0 atom stereocenters. The molecule has 0 aliphatic carbocycles. The van der Waals surface area contributed by atoms with Gasteiger partial charge in [0.05, 0.1) is 23.9 Å². The maximum Gasteiger partial charge on any atom is 0.338 e. The molecule has 0 saturated heterocycles. The summed E-state index contributed by atoms with van der Waals surface area (Å²) in [6, 6.07) is 10.7. The van der Waals surface area contributed by atoms with Crippen molar-refractivity contribution >= 4 is 23.2 Å². The minimum absolute atomic E-state index is 0.125. The maximum absolute atomic E-state index is 13.1. The number of ether oxygens (including phenoxy) is 1. The van der Waals surface area contributed by atoms with Crippen molar-refractivity contribution in [3.8, 4) is 5.69 Å². The van der Waals surface area contributed by atoms with Crippen molar-refractivity contribution in [2.24, 2.45) is 0 Å². The van der Waals surface area contributed by atoms with E-state index in [2.05, 4.69) is 5.10 Å². The highest BCUT2D eigenvalue weighted by molar-refractivity contribution is 6.09. The first-order valence-corrected chi connectivity index (χ1v) is 6.47. The average Bonchev–Trinajstić information content (AvgIpc) is 2.93. The Hall–Kier alpha value is -3.02. The van der Waals surface area contributed by atoms with Crippen LogP contribution in [0.4, 0.5) is 4.39 Å². The van der Waals surface area contributed by atoms with E-state index >= 15 is 0 Å². The summed E-state index contributed by atoms with van der Waals surface area (Å²) in [7, 11) is 1.27. The second-order valence-electron chi connectivity index (χ2n) is 4.58. The maximum atomic E-state index is 13.1. The number of aromatic nitrogens is 2. The van der Waals surface area contributed by atoms with Gasteiger partial charge in [-0.25, -0.2) is 13.9 Å². The number of fused-ring (bicyclic) bond motifs is 1. The van der Waals surface area contributed by atoms with E-state index in [1.165, 1.54) is 23.9 Å². The molecule has 0 unspecified atom stereocenters. The molecule has 0 bridgehead atoms. The molecule has 22 heavy (non-hydrogen) atoms. The molecule has 1 aromatic heterocycles. The van der Waals surface area contributed by atoms with Gasteiger partial charge in [-0.05, 0) is 36.4 Å². The monoisotopic (exact) mass is 298 g/mol. The van der Waals surface area contributed by atoms with E-state index < -0.39 is 5.97 Å². The Morgan fingerprint density at radius 3 is 2.59 bits per heavy atom. The number of halogens is 1. The summed E-state index contributed by atoms with van der Waals surface area (Å²) >= 11 is 0. The second kappa shape index (κ2) is 5.40. The second-order valence-corrected chi connectivity index (χ2v) is 4.58. The number of rotatable bonds is 3. The van der Waals surface area contributed by atoms with E-state index in [9.17, 15) is 14.0 Å². The molecule has 0 saturated carbocycles. The molecule has 0 radical (unpaired) electrons. The third-order valence-corrected chi connectivity index (χ3v) is 3.32. The fraction of sp³-hybridized carbons (Fsp3) is 0.0625. The molecule has 3 aromatic rings. The van der Waals surface area contributed by atoms with Gasteiger partial charge in [0.15, 0.2) is 6.29 Å². The molecule has 5 nitrogen and oxygen atoms in total. The fourth-order valence-corrected chi connectivity index (χ4v) is 2.34. The Bertz CT molecular complexity index is 869. The van der Waals surface area contributed by atoms with Crippen LogP contribution < -0.4 is 0 Å². The van der Waals surface area contributed by atoms with Crippen LogP contribution in [0.25, 0.3) is 16.6 Å². The van der Waals surface area contributed by atoms with Gasteiger partial charge in [-0.1, -0.05) is 6.07 Å². The van der Waals surface area contributed by atoms with Crippen LogP contribution >= 0.6 is 0 Å². The van der Waals surface area contributed by atoms with Crippen molar-refractivity contribution in [2.45, 2.75) is 0 Å². The molecule has 1 heterocycles. The lowest BCUT2D eigenvalue weighted by Crippen LogP contribution is -2.02. The van der Waals surface area contributed by atoms with Crippen LogP contribution in [0.1, 0.15) is 20.8 Å². The number of benzene rings is 2. The lowest BCUT2D eigenvalue weighted by Gasteiger charge is -2.04. The van der Waals surface area contributed by atoms with Crippen LogP contribution in [0.15, 0.2) is 42.5 Å². The van der Waals surface area contributed by atoms with Crippen molar-refractivity contribution in [1.29, 1.82) is 0 Å². The first kappa shape index (κ1) is 13.9. The van der Waals surface area contributed by atoms with Gasteiger partial charge in [0.1, 0.15) is 11.5 Å². The van der Waals surface area contributed by atoms with Gasteiger partial charge in [-0.2, -0.15) is 5.10 Å². The quantitative estimate of drug-likeness (QED) is 0.551. The van der Waals surface area contributed by atoms with Crippen molar-refractivity contribution in [1.82, 2.24) is 9.78 Å². The van der Waals surface area contributed by atoms with E-state index in [0.717, 1.165) is 0 Å². The van der Waals surface area contributed by atoms with E-state index in [1.54, 1.807) is 30.3 Å². The number of aldehydes is 1. The van der Waals surface area contributed by atoms with Gasteiger partial charge >= 0.3 is 5.97 Å². The van der Waals surface area contributed by atoms with Crippen LogP contribution in [-0.2, 0) is 4.74 Å². The molecule has 0 N–H and O–H groups in total. The van der Waals surface area contributed by atoms with Gasteiger partial charge in [0, 0.05) is 5.39 Å². The first-order chi connectivity index (χ1) is 10.7. The third kappa shape index (κ3) is 2.14. The van der Waals surface area contributed by atoms with Crippen LogP contribution in [0.3, 0.4) is 0 Å². The predicted molar refractivity (Wildman–Crippen MR) is 77.8 cm³/mol. The van der Waals surface area contributed by atoms with Gasteiger partial charge in [0.25, 0.3) is 0 Å². The molecule has 3 rings (SSSR count). The lowest BCUT2D eigenvalue weighted by atomic mass is 10.1. The summed E-state index contributed by atoms with van der Waals surface area (Å²) in [5, 5.41) is 4.61. The van der Waals surface area contributed by atoms with E-state index in [0.29, 0.717) is 22.9 Å².